The van der Waals surface area contributed by atoms with Gasteiger partial charge in [-0.25, -0.2) is 14.6 Å². The van der Waals surface area contributed by atoms with Crippen LogP contribution in [0.1, 0.15) is 19.7 Å². The molecule has 0 atom stereocenters. The second-order valence-electron chi connectivity index (χ2n) is 7.61. The fourth-order valence-electron chi connectivity index (χ4n) is 3.68. The number of carbonyl (C=O) groups is 1. The van der Waals surface area contributed by atoms with Gasteiger partial charge in [0.15, 0.2) is 11.5 Å². The zero-order chi connectivity index (χ0) is 21.3. The van der Waals surface area contributed by atoms with Crippen LogP contribution in [0.25, 0.3) is 16.7 Å². The number of methoxy groups -OCH3 is 1. The molecule has 1 fully saturated rings. The lowest BCUT2D eigenvalue weighted by Gasteiger charge is -2.36. The SMILES string of the molecule is COCc1nc(N2CCN(C(=O)C(C)C)CC2)c2cnn(-c3ccccc3Cl)c2n1. The van der Waals surface area contributed by atoms with Crippen LogP contribution in [0, 0.1) is 5.92 Å². The Bertz CT molecular complexity index is 1060. The third-order valence-electron chi connectivity index (χ3n) is 5.19. The van der Waals surface area contributed by atoms with E-state index in [9.17, 15) is 4.79 Å². The van der Waals surface area contributed by atoms with Crippen LogP contribution in [0.3, 0.4) is 0 Å². The number of benzene rings is 1. The average molecular weight is 429 g/mol. The highest BCUT2D eigenvalue weighted by molar-refractivity contribution is 6.32. The molecular weight excluding hydrogens is 404 g/mol. The van der Waals surface area contributed by atoms with Crippen LogP contribution in [0.5, 0.6) is 0 Å². The largest absolute Gasteiger partial charge is 0.377 e. The van der Waals surface area contributed by atoms with E-state index >= 15 is 0 Å². The fourth-order valence-corrected chi connectivity index (χ4v) is 3.89. The number of piperazine rings is 1. The molecule has 3 aromatic rings. The van der Waals surface area contributed by atoms with Crippen LogP contribution in [-0.2, 0) is 16.1 Å². The number of para-hydroxylation sites is 1. The number of rotatable bonds is 5. The molecule has 0 radical (unpaired) electrons. The molecule has 1 amide bonds. The van der Waals surface area contributed by atoms with E-state index in [1.807, 2.05) is 43.0 Å². The topological polar surface area (TPSA) is 76.4 Å². The van der Waals surface area contributed by atoms with Crippen LogP contribution in [0.15, 0.2) is 30.5 Å². The molecule has 0 bridgehead atoms. The molecule has 9 heteroatoms. The normalized spacial score (nSPS) is 14.7. The summed E-state index contributed by atoms with van der Waals surface area (Å²) in [5.41, 5.74) is 1.44. The highest BCUT2D eigenvalue weighted by atomic mass is 35.5. The second-order valence-corrected chi connectivity index (χ2v) is 8.02. The Hall–Kier alpha value is -2.71. The van der Waals surface area contributed by atoms with Gasteiger partial charge in [-0.3, -0.25) is 4.79 Å². The first kappa shape index (κ1) is 20.6. The van der Waals surface area contributed by atoms with Crippen LogP contribution in [0.2, 0.25) is 5.02 Å². The van der Waals surface area contributed by atoms with Crippen LogP contribution in [-0.4, -0.2) is 63.8 Å². The number of hydrogen-bond donors (Lipinski definition) is 0. The summed E-state index contributed by atoms with van der Waals surface area (Å²) >= 11 is 6.40. The summed E-state index contributed by atoms with van der Waals surface area (Å²) in [6.07, 6.45) is 1.77. The van der Waals surface area contributed by atoms with Crippen molar-refractivity contribution in [3.05, 3.63) is 41.3 Å². The van der Waals surface area contributed by atoms with Crippen molar-refractivity contribution in [2.24, 2.45) is 5.92 Å². The van der Waals surface area contributed by atoms with Crippen LogP contribution < -0.4 is 4.90 Å². The van der Waals surface area contributed by atoms with Crippen molar-refractivity contribution in [2.75, 3.05) is 38.2 Å². The molecule has 1 aliphatic rings. The monoisotopic (exact) mass is 428 g/mol. The lowest BCUT2D eigenvalue weighted by Crippen LogP contribution is -2.50. The highest BCUT2D eigenvalue weighted by Gasteiger charge is 2.26. The predicted molar refractivity (Wildman–Crippen MR) is 116 cm³/mol. The first-order valence-electron chi connectivity index (χ1n) is 10.0. The molecule has 1 saturated heterocycles. The van der Waals surface area contributed by atoms with Crippen molar-refractivity contribution in [1.29, 1.82) is 0 Å². The van der Waals surface area contributed by atoms with E-state index in [-0.39, 0.29) is 11.8 Å². The Balaban J connectivity index is 1.72. The minimum absolute atomic E-state index is 0.00413. The molecule has 158 valence electrons. The van der Waals surface area contributed by atoms with Crippen LogP contribution in [0.4, 0.5) is 5.82 Å². The van der Waals surface area contributed by atoms with Gasteiger partial charge in [0.2, 0.25) is 5.91 Å². The number of nitrogens with zero attached hydrogens (tertiary/aromatic N) is 6. The van der Waals surface area contributed by atoms with Gasteiger partial charge in [-0.1, -0.05) is 37.6 Å². The fraction of sp³-hybridized carbons (Fsp3) is 0.429. The minimum Gasteiger partial charge on any atom is -0.377 e. The molecule has 1 aromatic carbocycles. The van der Waals surface area contributed by atoms with Gasteiger partial charge in [0.1, 0.15) is 12.4 Å². The second kappa shape index (κ2) is 8.57. The van der Waals surface area contributed by atoms with Crippen LogP contribution >= 0.6 is 11.6 Å². The number of hydrogen-bond acceptors (Lipinski definition) is 6. The van der Waals surface area contributed by atoms with Gasteiger partial charge in [0.05, 0.1) is 22.3 Å². The van der Waals surface area contributed by atoms with Crippen molar-refractivity contribution in [1.82, 2.24) is 24.6 Å². The van der Waals surface area contributed by atoms with E-state index in [1.165, 1.54) is 0 Å². The zero-order valence-corrected chi connectivity index (χ0v) is 18.1. The Kier molecular flexibility index (Phi) is 5.87. The standard InChI is InChI=1S/C21H25ClN6O2/c1-14(2)21(29)27-10-8-26(9-11-27)19-15-12-23-28(17-7-5-4-6-16(17)22)20(15)25-18(24-19)13-30-3/h4-7,12,14H,8-11,13H2,1-3H3. The number of aromatic nitrogens is 4. The van der Waals surface area contributed by atoms with Gasteiger partial charge >= 0.3 is 0 Å². The van der Waals surface area contributed by atoms with Crippen molar-refractivity contribution in [3.63, 3.8) is 0 Å². The molecule has 8 nitrogen and oxygen atoms in total. The molecular formula is C21H25ClN6O2. The van der Waals surface area contributed by atoms with Gasteiger partial charge < -0.3 is 14.5 Å². The van der Waals surface area contributed by atoms with E-state index in [0.29, 0.717) is 49.3 Å². The molecule has 2 aromatic heterocycles. The number of ether oxygens (including phenoxy) is 1. The molecule has 0 spiro atoms. The molecule has 1 aliphatic heterocycles. The first-order valence-corrected chi connectivity index (χ1v) is 10.4. The van der Waals surface area contributed by atoms with Gasteiger partial charge in [-0.15, -0.1) is 0 Å². The smallest absolute Gasteiger partial charge is 0.225 e. The summed E-state index contributed by atoms with van der Waals surface area (Å²) in [5.74, 6) is 1.58. The van der Waals surface area contributed by atoms with Crippen molar-refractivity contribution < 1.29 is 9.53 Å². The Morgan fingerprint density at radius 3 is 2.57 bits per heavy atom. The van der Waals surface area contributed by atoms with E-state index in [0.717, 1.165) is 16.9 Å². The van der Waals surface area contributed by atoms with Gasteiger partial charge in [-0.05, 0) is 12.1 Å². The Labute approximate surface area is 180 Å². The van der Waals surface area contributed by atoms with E-state index in [1.54, 1.807) is 18.0 Å². The quantitative estimate of drug-likeness (QED) is 0.622. The number of fused-ring (bicyclic) bond motifs is 1. The van der Waals surface area contributed by atoms with Crippen molar-refractivity contribution in [2.45, 2.75) is 20.5 Å². The third-order valence-corrected chi connectivity index (χ3v) is 5.51. The van der Waals surface area contributed by atoms with Crippen molar-refractivity contribution in [3.8, 4) is 5.69 Å². The summed E-state index contributed by atoms with van der Waals surface area (Å²) in [6.45, 7) is 6.90. The number of halogens is 1. The summed E-state index contributed by atoms with van der Waals surface area (Å²) in [7, 11) is 1.62. The van der Waals surface area contributed by atoms with Gasteiger partial charge in [0, 0.05) is 39.2 Å². The summed E-state index contributed by atoms with van der Waals surface area (Å²) in [6, 6.07) is 7.53. The summed E-state index contributed by atoms with van der Waals surface area (Å²) < 4.78 is 7.02. The maximum atomic E-state index is 12.3. The molecule has 0 unspecified atom stereocenters. The number of carbonyl (C=O) groups excluding carboxylic acids is 1. The molecule has 3 heterocycles. The molecule has 0 N–H and O–H groups in total. The molecule has 30 heavy (non-hydrogen) atoms. The van der Waals surface area contributed by atoms with Gasteiger partial charge in [0.25, 0.3) is 0 Å². The average Bonchev–Trinajstić information content (AvgIpc) is 3.17. The van der Waals surface area contributed by atoms with E-state index in [4.69, 9.17) is 21.3 Å². The molecule has 4 rings (SSSR count). The third kappa shape index (κ3) is 3.85. The van der Waals surface area contributed by atoms with Gasteiger partial charge in [-0.2, -0.15) is 5.10 Å². The minimum atomic E-state index is 0.00413. The number of anilines is 1. The van der Waals surface area contributed by atoms with Crippen molar-refractivity contribution >= 4 is 34.4 Å². The maximum Gasteiger partial charge on any atom is 0.225 e. The molecule has 0 saturated carbocycles. The van der Waals surface area contributed by atoms with E-state index < -0.39 is 0 Å². The lowest BCUT2D eigenvalue weighted by atomic mass is 10.1. The highest BCUT2D eigenvalue weighted by Crippen LogP contribution is 2.29. The lowest BCUT2D eigenvalue weighted by molar-refractivity contribution is -0.134. The van der Waals surface area contributed by atoms with E-state index in [2.05, 4.69) is 15.0 Å². The number of amides is 1. The molecule has 0 aliphatic carbocycles. The Morgan fingerprint density at radius 2 is 1.90 bits per heavy atom. The predicted octanol–water partition coefficient (Wildman–Crippen LogP) is 2.92. The summed E-state index contributed by atoms with van der Waals surface area (Å²) in [5, 5.41) is 5.99. The first-order chi connectivity index (χ1) is 14.5. The summed E-state index contributed by atoms with van der Waals surface area (Å²) in [4.78, 5) is 25.9. The zero-order valence-electron chi connectivity index (χ0n) is 17.4. The maximum absolute atomic E-state index is 12.3. The Morgan fingerprint density at radius 1 is 1.17 bits per heavy atom.